The molecular formula is C12H23N5O. The molecule has 6 nitrogen and oxygen atoms in total. The number of aromatic nitrogens is 2. The van der Waals surface area contributed by atoms with Crippen molar-refractivity contribution in [2.75, 3.05) is 27.2 Å². The van der Waals surface area contributed by atoms with Gasteiger partial charge < -0.3 is 15.3 Å². The number of rotatable bonds is 4. The lowest BCUT2D eigenvalue weighted by atomic mass is 10.0. The van der Waals surface area contributed by atoms with Crippen LogP contribution in [0.3, 0.4) is 0 Å². The van der Waals surface area contributed by atoms with E-state index in [2.05, 4.69) is 15.4 Å². The van der Waals surface area contributed by atoms with Gasteiger partial charge in [0, 0.05) is 39.4 Å². The zero-order valence-electron chi connectivity index (χ0n) is 11.8. The van der Waals surface area contributed by atoms with Crippen LogP contribution >= 0.6 is 0 Å². The molecule has 0 saturated carbocycles. The van der Waals surface area contributed by atoms with Gasteiger partial charge >= 0.3 is 0 Å². The maximum atomic E-state index is 10.4. The van der Waals surface area contributed by atoms with Gasteiger partial charge in [0.05, 0.1) is 12.7 Å². The Balaban J connectivity index is 2.78. The molecule has 0 radical (unpaired) electrons. The van der Waals surface area contributed by atoms with E-state index >= 15 is 0 Å². The molecule has 0 fully saturated rings. The lowest BCUT2D eigenvalue weighted by Gasteiger charge is -2.22. The molecule has 1 rings (SSSR count). The lowest BCUT2D eigenvalue weighted by molar-refractivity contribution is 0.0670. The SMILES string of the molecule is CCNC(=NCC(C)(O)c1cnn(C)c1)N(C)C. The number of nitrogens with zero attached hydrogens (tertiary/aromatic N) is 4. The van der Waals surface area contributed by atoms with Crippen molar-refractivity contribution in [1.29, 1.82) is 0 Å². The number of hydrogen-bond donors (Lipinski definition) is 2. The number of guanidine groups is 1. The van der Waals surface area contributed by atoms with E-state index < -0.39 is 5.60 Å². The molecule has 0 aliphatic rings. The zero-order chi connectivity index (χ0) is 13.8. The molecule has 1 unspecified atom stereocenters. The van der Waals surface area contributed by atoms with E-state index in [4.69, 9.17) is 0 Å². The van der Waals surface area contributed by atoms with E-state index in [1.165, 1.54) is 0 Å². The van der Waals surface area contributed by atoms with Crippen LogP contribution in [0.1, 0.15) is 19.4 Å². The van der Waals surface area contributed by atoms with Crippen molar-refractivity contribution in [3.8, 4) is 0 Å². The fraction of sp³-hybridized carbons (Fsp3) is 0.667. The summed E-state index contributed by atoms with van der Waals surface area (Å²) in [4.78, 5) is 6.31. The van der Waals surface area contributed by atoms with Crippen molar-refractivity contribution in [2.24, 2.45) is 12.0 Å². The molecule has 102 valence electrons. The summed E-state index contributed by atoms with van der Waals surface area (Å²) in [5, 5.41) is 17.6. The highest BCUT2D eigenvalue weighted by atomic mass is 16.3. The highest BCUT2D eigenvalue weighted by Crippen LogP contribution is 2.19. The molecule has 6 heteroatoms. The number of hydrogen-bond acceptors (Lipinski definition) is 3. The first kappa shape index (κ1) is 14.5. The minimum Gasteiger partial charge on any atom is -0.383 e. The monoisotopic (exact) mass is 253 g/mol. The second-order valence-electron chi connectivity index (χ2n) is 4.74. The van der Waals surface area contributed by atoms with Crippen LogP contribution in [0.15, 0.2) is 17.4 Å². The number of aliphatic imine (C=N–C) groups is 1. The fourth-order valence-corrected chi connectivity index (χ4v) is 1.53. The molecular weight excluding hydrogens is 230 g/mol. The fourth-order valence-electron chi connectivity index (χ4n) is 1.53. The van der Waals surface area contributed by atoms with Crippen molar-refractivity contribution < 1.29 is 5.11 Å². The summed E-state index contributed by atoms with van der Waals surface area (Å²) in [5.41, 5.74) is -0.242. The van der Waals surface area contributed by atoms with Crippen molar-refractivity contribution in [1.82, 2.24) is 20.0 Å². The Morgan fingerprint density at radius 1 is 1.61 bits per heavy atom. The summed E-state index contributed by atoms with van der Waals surface area (Å²) in [6, 6.07) is 0. The van der Waals surface area contributed by atoms with Crippen LogP contribution in [0.5, 0.6) is 0 Å². The molecule has 1 heterocycles. The van der Waals surface area contributed by atoms with E-state index in [1.54, 1.807) is 24.0 Å². The average molecular weight is 253 g/mol. The van der Waals surface area contributed by atoms with Crippen molar-refractivity contribution in [2.45, 2.75) is 19.4 Å². The second kappa shape index (κ2) is 5.86. The third kappa shape index (κ3) is 3.73. The van der Waals surface area contributed by atoms with Gasteiger partial charge in [0.15, 0.2) is 5.96 Å². The summed E-state index contributed by atoms with van der Waals surface area (Å²) in [5.74, 6) is 0.765. The van der Waals surface area contributed by atoms with Gasteiger partial charge in [0.2, 0.25) is 0 Å². The molecule has 0 spiro atoms. The highest BCUT2D eigenvalue weighted by molar-refractivity contribution is 5.79. The minimum absolute atomic E-state index is 0.291. The van der Waals surface area contributed by atoms with E-state index in [1.807, 2.05) is 33.0 Å². The Morgan fingerprint density at radius 2 is 2.28 bits per heavy atom. The molecule has 0 amide bonds. The number of aryl methyl sites for hydroxylation is 1. The van der Waals surface area contributed by atoms with Crippen LogP contribution in [0.2, 0.25) is 0 Å². The largest absolute Gasteiger partial charge is 0.383 e. The van der Waals surface area contributed by atoms with E-state index in [0.29, 0.717) is 6.54 Å². The van der Waals surface area contributed by atoms with Gasteiger partial charge in [-0.15, -0.1) is 0 Å². The number of aliphatic hydroxyl groups is 1. The smallest absolute Gasteiger partial charge is 0.193 e. The summed E-state index contributed by atoms with van der Waals surface area (Å²) in [6.45, 7) is 4.84. The summed E-state index contributed by atoms with van der Waals surface area (Å²) in [6.07, 6.45) is 3.47. The van der Waals surface area contributed by atoms with Gasteiger partial charge in [-0.1, -0.05) is 0 Å². The normalized spacial score (nSPS) is 15.3. The van der Waals surface area contributed by atoms with Gasteiger partial charge in [-0.25, -0.2) is 4.99 Å². The molecule has 0 aliphatic heterocycles. The molecule has 0 aromatic carbocycles. The molecule has 0 saturated heterocycles. The van der Waals surface area contributed by atoms with Crippen LogP contribution in [0, 0.1) is 0 Å². The zero-order valence-corrected chi connectivity index (χ0v) is 11.8. The molecule has 1 aromatic heterocycles. The summed E-state index contributed by atoms with van der Waals surface area (Å²) >= 11 is 0. The summed E-state index contributed by atoms with van der Waals surface area (Å²) in [7, 11) is 5.66. The molecule has 0 bridgehead atoms. The second-order valence-corrected chi connectivity index (χ2v) is 4.74. The molecule has 18 heavy (non-hydrogen) atoms. The maximum absolute atomic E-state index is 10.4. The van der Waals surface area contributed by atoms with Gasteiger partial charge in [0.25, 0.3) is 0 Å². The Hall–Kier alpha value is -1.56. The number of nitrogens with one attached hydrogen (secondary N) is 1. The van der Waals surface area contributed by atoms with Gasteiger partial charge in [-0.2, -0.15) is 5.10 Å². The Labute approximate surface area is 108 Å². The third-order valence-corrected chi connectivity index (χ3v) is 2.62. The van der Waals surface area contributed by atoms with E-state index in [9.17, 15) is 5.11 Å². The topological polar surface area (TPSA) is 65.7 Å². The van der Waals surface area contributed by atoms with Crippen LogP contribution < -0.4 is 5.32 Å². The Bertz CT molecular complexity index is 408. The van der Waals surface area contributed by atoms with Gasteiger partial charge in [-0.3, -0.25) is 4.68 Å². The standard InChI is InChI=1S/C12H23N5O/c1-6-13-11(16(3)4)14-9-12(2,18)10-7-15-17(5)8-10/h7-8,18H,6,9H2,1-5H3,(H,13,14). The van der Waals surface area contributed by atoms with Crippen molar-refractivity contribution in [3.63, 3.8) is 0 Å². The first-order valence-electron chi connectivity index (χ1n) is 6.04. The summed E-state index contributed by atoms with van der Waals surface area (Å²) < 4.78 is 1.67. The minimum atomic E-state index is -1.01. The van der Waals surface area contributed by atoms with Crippen LogP contribution in [-0.4, -0.2) is 52.9 Å². The maximum Gasteiger partial charge on any atom is 0.193 e. The predicted molar refractivity (Wildman–Crippen MR) is 72.4 cm³/mol. The Kier molecular flexibility index (Phi) is 4.72. The average Bonchev–Trinajstić information content (AvgIpc) is 2.71. The first-order chi connectivity index (χ1) is 8.36. The molecule has 1 atom stereocenters. The van der Waals surface area contributed by atoms with E-state index in [0.717, 1.165) is 18.1 Å². The molecule has 2 N–H and O–H groups in total. The third-order valence-electron chi connectivity index (χ3n) is 2.62. The molecule has 1 aromatic rings. The quantitative estimate of drug-likeness (QED) is 0.592. The van der Waals surface area contributed by atoms with Crippen molar-refractivity contribution >= 4 is 5.96 Å². The van der Waals surface area contributed by atoms with Crippen LogP contribution in [0.4, 0.5) is 0 Å². The predicted octanol–water partition coefficient (Wildman–Crippen LogP) is 0.155. The van der Waals surface area contributed by atoms with Crippen molar-refractivity contribution in [3.05, 3.63) is 18.0 Å². The van der Waals surface area contributed by atoms with E-state index in [-0.39, 0.29) is 0 Å². The molecule has 0 aliphatic carbocycles. The van der Waals surface area contributed by atoms with Gasteiger partial charge in [0.1, 0.15) is 5.60 Å². The lowest BCUT2D eigenvalue weighted by Crippen LogP contribution is -2.38. The first-order valence-corrected chi connectivity index (χ1v) is 6.04. The van der Waals surface area contributed by atoms with Gasteiger partial charge in [-0.05, 0) is 13.8 Å². The Morgan fingerprint density at radius 3 is 2.72 bits per heavy atom. The highest BCUT2D eigenvalue weighted by Gasteiger charge is 2.24. The van der Waals surface area contributed by atoms with Crippen LogP contribution in [-0.2, 0) is 12.6 Å². The van der Waals surface area contributed by atoms with Crippen LogP contribution in [0.25, 0.3) is 0 Å².